The fourth-order valence-corrected chi connectivity index (χ4v) is 4.94. The maximum atomic E-state index is 12.9. The lowest BCUT2D eigenvalue weighted by molar-refractivity contribution is 0.600. The van der Waals surface area contributed by atoms with E-state index in [0.717, 1.165) is 27.5 Å². The quantitative estimate of drug-likeness (QED) is 0.744. The number of anilines is 1. The van der Waals surface area contributed by atoms with Gasteiger partial charge in [0.15, 0.2) is 0 Å². The maximum Gasteiger partial charge on any atom is 0.263 e. The molecule has 0 saturated heterocycles. The first-order valence-electron chi connectivity index (χ1n) is 7.88. The minimum atomic E-state index is -3.68. The van der Waals surface area contributed by atoms with Gasteiger partial charge in [0.05, 0.1) is 11.4 Å². The minimum absolute atomic E-state index is 0.277. The molecule has 0 aliphatic carbocycles. The largest absolute Gasteiger partial charge is 0.345 e. The number of benzene rings is 1. The van der Waals surface area contributed by atoms with E-state index in [-0.39, 0.29) is 4.90 Å². The van der Waals surface area contributed by atoms with E-state index in [0.29, 0.717) is 11.4 Å². The highest BCUT2D eigenvalue weighted by atomic mass is 32.2. The predicted octanol–water partition coefficient (Wildman–Crippen LogP) is 4.18. The van der Waals surface area contributed by atoms with Gasteiger partial charge in [0, 0.05) is 23.8 Å². The molecule has 25 heavy (non-hydrogen) atoms. The molecule has 0 spiro atoms. The molecule has 1 N–H and O–H groups in total. The molecule has 0 aliphatic heterocycles. The van der Waals surface area contributed by atoms with E-state index in [1.54, 1.807) is 12.1 Å². The van der Waals surface area contributed by atoms with Gasteiger partial charge in [-0.2, -0.15) is 0 Å². The summed E-state index contributed by atoms with van der Waals surface area (Å²) in [5.41, 5.74) is 4.99. The first-order chi connectivity index (χ1) is 11.7. The molecular weight excluding hydrogens is 354 g/mol. The molecule has 3 rings (SSSR count). The Hall–Kier alpha value is -2.12. The maximum absolute atomic E-state index is 12.9. The van der Waals surface area contributed by atoms with Gasteiger partial charge in [0.1, 0.15) is 9.90 Å². The van der Waals surface area contributed by atoms with E-state index in [2.05, 4.69) is 9.71 Å². The second kappa shape index (κ2) is 6.31. The second-order valence-corrected chi connectivity index (χ2v) is 8.69. The van der Waals surface area contributed by atoms with E-state index in [9.17, 15) is 8.42 Å². The number of thiazole rings is 1. The van der Waals surface area contributed by atoms with Crippen LogP contribution in [0.3, 0.4) is 0 Å². The van der Waals surface area contributed by atoms with Crippen molar-refractivity contribution in [2.24, 2.45) is 7.05 Å². The van der Waals surface area contributed by atoms with E-state index >= 15 is 0 Å². The normalized spacial score (nSPS) is 11.7. The van der Waals surface area contributed by atoms with Crippen molar-refractivity contribution in [1.29, 1.82) is 0 Å². The summed E-state index contributed by atoms with van der Waals surface area (Å²) in [6, 6.07) is 7.29. The average Bonchev–Trinajstić information content (AvgIpc) is 3.09. The van der Waals surface area contributed by atoms with Gasteiger partial charge in [-0.05, 0) is 51.0 Å². The summed E-state index contributed by atoms with van der Waals surface area (Å²) in [5.74, 6) is 0. The molecule has 0 fully saturated rings. The lowest BCUT2D eigenvalue weighted by Crippen LogP contribution is -2.14. The van der Waals surface area contributed by atoms with E-state index in [1.165, 1.54) is 11.3 Å². The van der Waals surface area contributed by atoms with Crippen LogP contribution in [0, 0.1) is 27.7 Å². The summed E-state index contributed by atoms with van der Waals surface area (Å²) in [4.78, 5) is 4.75. The fraction of sp³-hybridized carbons (Fsp3) is 0.278. The Kier molecular flexibility index (Phi) is 4.47. The molecule has 1 aromatic carbocycles. The number of rotatable bonds is 4. The summed E-state index contributed by atoms with van der Waals surface area (Å²) in [6.07, 6.45) is 0. The van der Waals surface area contributed by atoms with Crippen molar-refractivity contribution in [3.8, 4) is 10.7 Å². The molecule has 2 heterocycles. The number of aromatic nitrogens is 2. The zero-order valence-corrected chi connectivity index (χ0v) is 16.5. The van der Waals surface area contributed by atoms with Crippen LogP contribution < -0.4 is 4.72 Å². The Labute approximate surface area is 152 Å². The SMILES string of the molecule is Cc1csc(-c2cc(S(=O)(=O)Nc3cccc(C)c3C)c(C)n2C)n1. The number of sulfonamides is 1. The van der Waals surface area contributed by atoms with Crippen LogP contribution in [0.15, 0.2) is 34.5 Å². The third-order valence-corrected chi connectivity index (χ3v) is 6.93. The molecule has 2 aromatic heterocycles. The van der Waals surface area contributed by atoms with Crippen LogP contribution in [0.2, 0.25) is 0 Å². The molecule has 3 aromatic rings. The van der Waals surface area contributed by atoms with Gasteiger partial charge >= 0.3 is 0 Å². The summed E-state index contributed by atoms with van der Waals surface area (Å²) < 4.78 is 30.5. The van der Waals surface area contributed by atoms with Crippen LogP contribution in [-0.2, 0) is 17.1 Å². The molecular formula is C18H21N3O2S2. The van der Waals surface area contributed by atoms with Crippen molar-refractivity contribution in [1.82, 2.24) is 9.55 Å². The van der Waals surface area contributed by atoms with Gasteiger partial charge in [-0.3, -0.25) is 4.72 Å². The van der Waals surface area contributed by atoms with E-state index in [1.807, 2.05) is 56.8 Å². The minimum Gasteiger partial charge on any atom is -0.345 e. The van der Waals surface area contributed by atoms with Crippen LogP contribution in [0.25, 0.3) is 10.7 Å². The van der Waals surface area contributed by atoms with Gasteiger partial charge < -0.3 is 4.57 Å². The Morgan fingerprint density at radius 2 is 1.88 bits per heavy atom. The number of hydrogen-bond donors (Lipinski definition) is 1. The van der Waals surface area contributed by atoms with Crippen molar-refractivity contribution >= 4 is 27.0 Å². The lowest BCUT2D eigenvalue weighted by atomic mass is 10.1. The fourth-order valence-electron chi connectivity index (χ4n) is 2.68. The molecule has 132 valence electrons. The molecule has 0 radical (unpaired) electrons. The van der Waals surface area contributed by atoms with Crippen LogP contribution in [0.1, 0.15) is 22.5 Å². The number of nitrogens with zero attached hydrogens (tertiary/aromatic N) is 2. The second-order valence-electron chi connectivity index (χ2n) is 6.19. The third kappa shape index (κ3) is 3.21. The Morgan fingerprint density at radius 3 is 2.52 bits per heavy atom. The molecule has 5 nitrogen and oxygen atoms in total. The van der Waals surface area contributed by atoms with Crippen LogP contribution >= 0.6 is 11.3 Å². The summed E-state index contributed by atoms with van der Waals surface area (Å²) in [6.45, 7) is 7.61. The predicted molar refractivity (Wildman–Crippen MR) is 103 cm³/mol. The third-order valence-electron chi connectivity index (χ3n) is 4.47. The molecule has 0 saturated carbocycles. The van der Waals surface area contributed by atoms with Crippen LogP contribution in [0.4, 0.5) is 5.69 Å². The van der Waals surface area contributed by atoms with Gasteiger partial charge in [0.25, 0.3) is 10.0 Å². The van der Waals surface area contributed by atoms with Gasteiger partial charge in [-0.15, -0.1) is 11.3 Å². The van der Waals surface area contributed by atoms with Crippen LogP contribution in [-0.4, -0.2) is 18.0 Å². The first-order valence-corrected chi connectivity index (χ1v) is 10.2. The van der Waals surface area contributed by atoms with Crippen molar-refractivity contribution < 1.29 is 8.42 Å². The van der Waals surface area contributed by atoms with Crippen molar-refractivity contribution in [3.63, 3.8) is 0 Å². The number of hydrogen-bond acceptors (Lipinski definition) is 4. The number of aryl methyl sites for hydroxylation is 2. The first kappa shape index (κ1) is 17.7. The molecule has 0 amide bonds. The van der Waals surface area contributed by atoms with Crippen molar-refractivity contribution in [2.45, 2.75) is 32.6 Å². The molecule has 7 heteroatoms. The molecule has 0 unspecified atom stereocenters. The number of nitrogens with one attached hydrogen (secondary N) is 1. The Balaban J connectivity index is 2.05. The van der Waals surface area contributed by atoms with Crippen molar-refractivity contribution in [3.05, 3.63) is 52.2 Å². The topological polar surface area (TPSA) is 64.0 Å². The standard InChI is InChI=1S/C18H21N3O2S2/c1-11-7-6-8-15(13(11)3)20-25(22,23)17-9-16(21(5)14(17)4)18-19-12(2)10-24-18/h6-10,20H,1-5H3. The zero-order valence-electron chi connectivity index (χ0n) is 14.9. The smallest absolute Gasteiger partial charge is 0.263 e. The monoisotopic (exact) mass is 375 g/mol. The van der Waals surface area contributed by atoms with Gasteiger partial charge in [-0.25, -0.2) is 13.4 Å². The lowest BCUT2D eigenvalue weighted by Gasteiger charge is -2.12. The van der Waals surface area contributed by atoms with Crippen LogP contribution in [0.5, 0.6) is 0 Å². The summed E-state index contributed by atoms with van der Waals surface area (Å²) >= 11 is 1.51. The molecule has 0 atom stereocenters. The highest BCUT2D eigenvalue weighted by molar-refractivity contribution is 7.92. The summed E-state index contributed by atoms with van der Waals surface area (Å²) in [5, 5.41) is 2.77. The molecule has 0 bridgehead atoms. The Bertz CT molecular complexity index is 1050. The highest BCUT2D eigenvalue weighted by Crippen LogP contribution is 2.31. The van der Waals surface area contributed by atoms with Gasteiger partial charge in [-0.1, -0.05) is 12.1 Å². The Morgan fingerprint density at radius 1 is 1.16 bits per heavy atom. The summed E-state index contributed by atoms with van der Waals surface area (Å²) in [7, 11) is -1.82. The highest BCUT2D eigenvalue weighted by Gasteiger charge is 2.24. The average molecular weight is 376 g/mol. The van der Waals surface area contributed by atoms with Crippen molar-refractivity contribution in [2.75, 3.05) is 4.72 Å². The van der Waals surface area contributed by atoms with Gasteiger partial charge in [0.2, 0.25) is 0 Å². The zero-order chi connectivity index (χ0) is 18.4. The van der Waals surface area contributed by atoms with E-state index < -0.39 is 10.0 Å². The van der Waals surface area contributed by atoms with E-state index in [4.69, 9.17) is 0 Å². The molecule has 0 aliphatic rings.